The average molecular weight is 605 g/mol. The molecule has 1 aliphatic heterocycles. The van der Waals surface area contributed by atoms with Crippen LogP contribution < -0.4 is 15.4 Å². The SMILES string of the molecule is COc1cccc(CNC(=O)NC(Cc2ccccc2)C(O)C(=O)N2CSC(C)(CN(C=O)Cc3ccccc3C)C2)c1. The number of thioether (sulfide) groups is 1. The lowest BCUT2D eigenvalue weighted by Gasteiger charge is -2.31. The Morgan fingerprint density at radius 1 is 1.09 bits per heavy atom. The highest BCUT2D eigenvalue weighted by Crippen LogP contribution is 2.35. The van der Waals surface area contributed by atoms with Crippen molar-refractivity contribution < 1.29 is 24.2 Å². The first kappa shape index (κ1) is 31.9. The van der Waals surface area contributed by atoms with Gasteiger partial charge < -0.3 is 30.3 Å². The number of rotatable bonds is 13. The van der Waals surface area contributed by atoms with Crippen molar-refractivity contribution in [3.63, 3.8) is 0 Å². The third-order valence-electron chi connectivity index (χ3n) is 7.56. The van der Waals surface area contributed by atoms with E-state index in [9.17, 15) is 19.5 Å². The summed E-state index contributed by atoms with van der Waals surface area (Å²) in [7, 11) is 1.58. The number of nitrogens with one attached hydrogen (secondary N) is 2. The number of amides is 4. The summed E-state index contributed by atoms with van der Waals surface area (Å²) in [5.41, 5.74) is 3.92. The van der Waals surface area contributed by atoms with E-state index < -0.39 is 28.8 Å². The maximum Gasteiger partial charge on any atom is 0.315 e. The van der Waals surface area contributed by atoms with Gasteiger partial charge in [-0.3, -0.25) is 9.59 Å². The quantitative estimate of drug-likeness (QED) is 0.257. The van der Waals surface area contributed by atoms with E-state index in [2.05, 4.69) is 10.6 Å². The minimum absolute atomic E-state index is 0.252. The van der Waals surface area contributed by atoms with Gasteiger partial charge in [0.05, 0.1) is 23.8 Å². The van der Waals surface area contributed by atoms with Gasteiger partial charge in [-0.05, 0) is 54.7 Å². The number of nitrogens with zero attached hydrogens (tertiary/aromatic N) is 2. The van der Waals surface area contributed by atoms with Gasteiger partial charge in [0.15, 0.2) is 6.10 Å². The Morgan fingerprint density at radius 2 is 1.81 bits per heavy atom. The van der Waals surface area contributed by atoms with Crippen LogP contribution in [-0.4, -0.2) is 76.2 Å². The summed E-state index contributed by atoms with van der Waals surface area (Å²) in [6.07, 6.45) is -0.338. The van der Waals surface area contributed by atoms with E-state index in [-0.39, 0.29) is 13.0 Å². The topological polar surface area (TPSA) is 111 Å². The van der Waals surface area contributed by atoms with Crippen molar-refractivity contribution in [2.75, 3.05) is 26.1 Å². The van der Waals surface area contributed by atoms with Crippen LogP contribution in [0.3, 0.4) is 0 Å². The number of methoxy groups -OCH3 is 1. The molecule has 0 bridgehead atoms. The summed E-state index contributed by atoms with van der Waals surface area (Å²) < 4.78 is 4.84. The molecular formula is C33H40N4O5S. The van der Waals surface area contributed by atoms with Gasteiger partial charge in [-0.25, -0.2) is 4.79 Å². The molecule has 0 aromatic heterocycles. The van der Waals surface area contributed by atoms with Gasteiger partial charge >= 0.3 is 6.03 Å². The summed E-state index contributed by atoms with van der Waals surface area (Å²) >= 11 is 1.58. The highest BCUT2D eigenvalue weighted by Gasteiger charge is 2.41. The molecule has 4 amide bonds. The van der Waals surface area contributed by atoms with Crippen molar-refractivity contribution in [2.24, 2.45) is 0 Å². The van der Waals surface area contributed by atoms with Gasteiger partial charge in [-0.1, -0.05) is 66.7 Å². The van der Waals surface area contributed by atoms with Crippen LogP contribution >= 0.6 is 11.8 Å². The summed E-state index contributed by atoms with van der Waals surface area (Å²) in [5, 5.41) is 16.9. The second-order valence-corrected chi connectivity index (χ2v) is 12.6. The Balaban J connectivity index is 1.39. The normalized spacial score (nSPS) is 17.5. The van der Waals surface area contributed by atoms with Crippen molar-refractivity contribution in [2.45, 2.75) is 50.3 Å². The van der Waals surface area contributed by atoms with Crippen LogP contribution in [0.2, 0.25) is 0 Å². The number of aliphatic hydroxyl groups excluding tert-OH is 1. The molecule has 0 aliphatic carbocycles. The largest absolute Gasteiger partial charge is 0.497 e. The Kier molecular flexibility index (Phi) is 11.1. The van der Waals surface area contributed by atoms with E-state index in [1.807, 2.05) is 92.7 Å². The zero-order chi connectivity index (χ0) is 30.8. The van der Waals surface area contributed by atoms with Crippen molar-refractivity contribution in [3.8, 4) is 5.75 Å². The second kappa shape index (κ2) is 14.9. The predicted molar refractivity (Wildman–Crippen MR) is 169 cm³/mol. The van der Waals surface area contributed by atoms with Crippen LogP contribution in [0.25, 0.3) is 0 Å². The minimum atomic E-state index is -1.46. The zero-order valence-corrected chi connectivity index (χ0v) is 25.7. The molecular weight excluding hydrogens is 564 g/mol. The molecule has 0 spiro atoms. The molecule has 1 fully saturated rings. The van der Waals surface area contributed by atoms with Crippen LogP contribution in [0, 0.1) is 6.92 Å². The number of urea groups is 1. The molecule has 3 aromatic carbocycles. The first-order valence-corrected chi connectivity index (χ1v) is 15.2. The third-order valence-corrected chi connectivity index (χ3v) is 8.96. The Morgan fingerprint density at radius 3 is 2.53 bits per heavy atom. The van der Waals surface area contributed by atoms with Gasteiger partial charge in [-0.15, -0.1) is 11.8 Å². The minimum Gasteiger partial charge on any atom is -0.497 e. The molecule has 10 heteroatoms. The Bertz CT molecular complexity index is 1390. The number of hydrogen-bond donors (Lipinski definition) is 3. The predicted octanol–water partition coefficient (Wildman–Crippen LogP) is 3.73. The van der Waals surface area contributed by atoms with Crippen LogP contribution in [0.15, 0.2) is 78.9 Å². The molecule has 1 heterocycles. The van der Waals surface area contributed by atoms with Gasteiger partial charge in [0.25, 0.3) is 5.91 Å². The van der Waals surface area contributed by atoms with Crippen LogP contribution in [0.4, 0.5) is 4.79 Å². The molecule has 228 valence electrons. The molecule has 3 aromatic rings. The number of aliphatic hydroxyl groups is 1. The van der Waals surface area contributed by atoms with Gasteiger partial charge in [0.1, 0.15) is 5.75 Å². The van der Waals surface area contributed by atoms with E-state index in [1.54, 1.807) is 28.7 Å². The Labute approximate surface area is 257 Å². The van der Waals surface area contributed by atoms with E-state index in [0.717, 1.165) is 28.7 Å². The fourth-order valence-electron chi connectivity index (χ4n) is 5.19. The van der Waals surface area contributed by atoms with E-state index >= 15 is 0 Å². The fraction of sp³-hybridized carbons (Fsp3) is 0.364. The lowest BCUT2D eigenvalue weighted by molar-refractivity contribution is -0.140. The first-order valence-electron chi connectivity index (χ1n) is 14.3. The molecule has 0 radical (unpaired) electrons. The van der Waals surface area contributed by atoms with Crippen molar-refractivity contribution in [3.05, 3.63) is 101 Å². The molecule has 3 unspecified atom stereocenters. The molecule has 3 atom stereocenters. The number of carbonyl (C=O) groups is 3. The van der Waals surface area contributed by atoms with E-state index in [4.69, 9.17) is 4.74 Å². The fourth-order valence-corrected chi connectivity index (χ4v) is 6.38. The molecule has 1 aliphatic rings. The monoisotopic (exact) mass is 604 g/mol. The molecule has 4 rings (SSSR count). The number of benzene rings is 3. The zero-order valence-electron chi connectivity index (χ0n) is 24.9. The molecule has 3 N–H and O–H groups in total. The van der Waals surface area contributed by atoms with Crippen molar-refractivity contribution in [1.29, 1.82) is 0 Å². The maximum atomic E-state index is 13.6. The molecule has 43 heavy (non-hydrogen) atoms. The van der Waals surface area contributed by atoms with Crippen LogP contribution in [0.1, 0.15) is 29.2 Å². The Hall–Kier alpha value is -4.02. The van der Waals surface area contributed by atoms with Gasteiger partial charge in [0, 0.05) is 26.2 Å². The number of hydrogen-bond acceptors (Lipinski definition) is 6. The highest BCUT2D eigenvalue weighted by molar-refractivity contribution is 8.00. The standard InChI is InChI=1S/C33H40N4O5S/c1-24-10-7-8-14-27(24)19-36(22-38)20-33(2)21-37(23-43-33)31(40)30(39)29(17-25-11-5-4-6-12-25)35-32(41)34-18-26-13-9-15-28(16-26)42-3/h4-16,22,29-30,39H,17-21,23H2,1-3H3,(H2,34,35,41). The van der Waals surface area contributed by atoms with Crippen molar-refractivity contribution >= 4 is 30.1 Å². The summed E-state index contributed by atoms with van der Waals surface area (Å²) in [6.45, 7) is 5.60. The number of carbonyl (C=O) groups excluding carboxylic acids is 3. The van der Waals surface area contributed by atoms with Gasteiger partial charge in [0.2, 0.25) is 6.41 Å². The van der Waals surface area contributed by atoms with Gasteiger partial charge in [-0.2, -0.15) is 0 Å². The van der Waals surface area contributed by atoms with E-state index in [0.29, 0.717) is 31.3 Å². The molecule has 1 saturated heterocycles. The van der Waals surface area contributed by atoms with Crippen molar-refractivity contribution in [1.82, 2.24) is 20.4 Å². The smallest absolute Gasteiger partial charge is 0.315 e. The lowest BCUT2D eigenvalue weighted by atomic mass is 10.00. The molecule has 0 saturated carbocycles. The highest BCUT2D eigenvalue weighted by atomic mass is 32.2. The molecule has 9 nitrogen and oxygen atoms in total. The lowest BCUT2D eigenvalue weighted by Crippen LogP contribution is -2.54. The number of aryl methyl sites for hydroxylation is 1. The first-order chi connectivity index (χ1) is 20.7. The summed E-state index contributed by atoms with van der Waals surface area (Å²) in [6, 6.07) is 23.4. The summed E-state index contributed by atoms with van der Waals surface area (Å²) in [5.74, 6) is 0.607. The maximum absolute atomic E-state index is 13.6. The van der Waals surface area contributed by atoms with Crippen LogP contribution in [-0.2, 0) is 29.1 Å². The second-order valence-electron chi connectivity index (χ2n) is 11.1. The average Bonchev–Trinajstić information content (AvgIpc) is 3.41. The van der Waals surface area contributed by atoms with E-state index in [1.165, 1.54) is 0 Å². The third kappa shape index (κ3) is 8.98. The summed E-state index contributed by atoms with van der Waals surface area (Å²) in [4.78, 5) is 41.8. The number of ether oxygens (including phenoxy) is 1. The van der Waals surface area contributed by atoms with Crippen LogP contribution in [0.5, 0.6) is 5.75 Å².